The molecular formula is C31H38F2. The summed E-state index contributed by atoms with van der Waals surface area (Å²) in [5.74, 6) is 1.19. The van der Waals surface area contributed by atoms with E-state index < -0.39 is 0 Å². The third kappa shape index (κ3) is 6.43. The molecule has 0 unspecified atom stereocenters. The minimum atomic E-state index is -0.234. The van der Waals surface area contributed by atoms with Crippen LogP contribution < -0.4 is 0 Å². The molecule has 0 atom stereocenters. The predicted molar refractivity (Wildman–Crippen MR) is 136 cm³/mol. The van der Waals surface area contributed by atoms with E-state index in [0.29, 0.717) is 18.8 Å². The van der Waals surface area contributed by atoms with Crippen molar-refractivity contribution >= 4 is 10.8 Å². The Hall–Kier alpha value is -2.22. The molecule has 0 bridgehead atoms. The van der Waals surface area contributed by atoms with Gasteiger partial charge in [-0.15, -0.1) is 0 Å². The molecule has 3 aromatic carbocycles. The van der Waals surface area contributed by atoms with Gasteiger partial charge in [0, 0.05) is 5.39 Å². The van der Waals surface area contributed by atoms with Gasteiger partial charge in [0.05, 0.1) is 0 Å². The van der Waals surface area contributed by atoms with Gasteiger partial charge in [-0.05, 0) is 84.6 Å². The van der Waals surface area contributed by atoms with Gasteiger partial charge in [-0.2, -0.15) is 0 Å². The van der Waals surface area contributed by atoms with E-state index in [1.807, 2.05) is 12.1 Å². The van der Waals surface area contributed by atoms with Crippen molar-refractivity contribution in [2.75, 3.05) is 0 Å². The van der Waals surface area contributed by atoms with E-state index >= 15 is 4.39 Å². The van der Waals surface area contributed by atoms with Gasteiger partial charge in [-0.25, -0.2) is 8.78 Å². The second kappa shape index (κ2) is 11.8. The lowest BCUT2D eigenvalue weighted by atomic mass is 9.76. The molecule has 176 valence electrons. The van der Waals surface area contributed by atoms with Crippen LogP contribution >= 0.6 is 0 Å². The molecule has 0 aliphatic heterocycles. The van der Waals surface area contributed by atoms with Gasteiger partial charge >= 0.3 is 0 Å². The van der Waals surface area contributed by atoms with Crippen LogP contribution in [0.3, 0.4) is 0 Å². The third-order valence-electron chi connectivity index (χ3n) is 7.69. The van der Waals surface area contributed by atoms with Crippen molar-refractivity contribution in [3.8, 4) is 0 Å². The topological polar surface area (TPSA) is 0 Å². The van der Waals surface area contributed by atoms with Gasteiger partial charge < -0.3 is 0 Å². The first-order valence-electron chi connectivity index (χ1n) is 13.1. The van der Waals surface area contributed by atoms with Crippen molar-refractivity contribution in [1.82, 2.24) is 0 Å². The monoisotopic (exact) mass is 448 g/mol. The van der Waals surface area contributed by atoms with E-state index in [4.69, 9.17) is 0 Å². The Balaban J connectivity index is 1.34. The van der Waals surface area contributed by atoms with Crippen LogP contribution in [0.5, 0.6) is 0 Å². The fraction of sp³-hybridized carbons (Fsp3) is 0.484. The smallest absolute Gasteiger partial charge is 0.134 e. The van der Waals surface area contributed by atoms with Crippen molar-refractivity contribution in [3.05, 3.63) is 82.9 Å². The molecule has 0 heterocycles. The van der Waals surface area contributed by atoms with Crippen molar-refractivity contribution in [2.45, 2.75) is 89.9 Å². The van der Waals surface area contributed by atoms with Crippen LogP contribution in [0.2, 0.25) is 0 Å². The van der Waals surface area contributed by atoms with E-state index in [0.717, 1.165) is 27.8 Å². The van der Waals surface area contributed by atoms with E-state index in [2.05, 4.69) is 25.1 Å². The SMILES string of the molecule is CCCCCCCC1CCC(c2ccc3c(F)c(CCc4ccc(F)cc4)ccc3c2)CC1. The summed E-state index contributed by atoms with van der Waals surface area (Å²) in [5.41, 5.74) is 3.14. The fourth-order valence-corrected chi connectivity index (χ4v) is 5.55. The van der Waals surface area contributed by atoms with Crippen molar-refractivity contribution in [2.24, 2.45) is 5.92 Å². The first-order valence-corrected chi connectivity index (χ1v) is 13.1. The normalized spacial score (nSPS) is 18.6. The Morgan fingerprint density at radius 2 is 1.52 bits per heavy atom. The van der Waals surface area contributed by atoms with Crippen molar-refractivity contribution < 1.29 is 8.78 Å². The van der Waals surface area contributed by atoms with Crippen LogP contribution in [-0.4, -0.2) is 0 Å². The molecule has 0 aromatic heterocycles. The number of aryl methyl sites for hydroxylation is 2. The first kappa shape index (κ1) is 23.9. The molecule has 2 heteroatoms. The van der Waals surface area contributed by atoms with Crippen LogP contribution in [0.25, 0.3) is 10.8 Å². The van der Waals surface area contributed by atoms with Crippen LogP contribution in [0.1, 0.15) is 93.7 Å². The maximum Gasteiger partial charge on any atom is 0.134 e. The van der Waals surface area contributed by atoms with E-state index in [-0.39, 0.29) is 11.6 Å². The number of rotatable bonds is 10. The van der Waals surface area contributed by atoms with E-state index in [1.165, 1.54) is 81.9 Å². The molecule has 1 fully saturated rings. The average molecular weight is 449 g/mol. The molecule has 0 N–H and O–H groups in total. The average Bonchev–Trinajstić information content (AvgIpc) is 2.85. The van der Waals surface area contributed by atoms with E-state index in [9.17, 15) is 4.39 Å². The molecule has 0 nitrogen and oxygen atoms in total. The van der Waals surface area contributed by atoms with Gasteiger partial charge in [0.15, 0.2) is 0 Å². The molecular weight excluding hydrogens is 410 g/mol. The zero-order valence-electron chi connectivity index (χ0n) is 20.1. The maximum atomic E-state index is 15.2. The summed E-state index contributed by atoms with van der Waals surface area (Å²) in [6.07, 6.45) is 14.8. The maximum absolute atomic E-state index is 15.2. The summed E-state index contributed by atoms with van der Waals surface area (Å²) in [6, 6.07) is 16.9. The number of hydrogen-bond acceptors (Lipinski definition) is 0. The number of halogens is 2. The Labute approximate surface area is 198 Å². The zero-order chi connectivity index (χ0) is 23.0. The molecule has 1 aliphatic rings. The summed E-state index contributed by atoms with van der Waals surface area (Å²) in [6.45, 7) is 2.28. The molecule has 1 saturated carbocycles. The second-order valence-electron chi connectivity index (χ2n) is 10.1. The molecule has 1 aliphatic carbocycles. The second-order valence-corrected chi connectivity index (χ2v) is 10.1. The van der Waals surface area contributed by atoms with E-state index in [1.54, 1.807) is 12.1 Å². The highest BCUT2D eigenvalue weighted by Crippen LogP contribution is 2.39. The molecule has 0 spiro atoms. The summed E-state index contributed by atoms with van der Waals surface area (Å²) < 4.78 is 28.3. The lowest BCUT2D eigenvalue weighted by Gasteiger charge is -2.29. The quantitative estimate of drug-likeness (QED) is 0.271. The number of benzene rings is 3. The lowest BCUT2D eigenvalue weighted by molar-refractivity contribution is 0.302. The van der Waals surface area contributed by atoms with Crippen LogP contribution in [0.15, 0.2) is 54.6 Å². The first-order chi connectivity index (χ1) is 16.1. The summed E-state index contributed by atoms with van der Waals surface area (Å²) in [5, 5.41) is 1.73. The minimum absolute atomic E-state index is 0.104. The Morgan fingerprint density at radius 3 is 2.27 bits per heavy atom. The molecule has 4 rings (SSSR count). The highest BCUT2D eigenvalue weighted by molar-refractivity contribution is 5.84. The van der Waals surface area contributed by atoms with Gasteiger partial charge in [-0.1, -0.05) is 87.9 Å². The zero-order valence-corrected chi connectivity index (χ0v) is 20.1. The largest absolute Gasteiger partial charge is 0.207 e. The molecule has 3 aromatic rings. The van der Waals surface area contributed by atoms with Crippen LogP contribution in [0, 0.1) is 17.6 Å². The van der Waals surface area contributed by atoms with Crippen molar-refractivity contribution in [1.29, 1.82) is 0 Å². The highest BCUT2D eigenvalue weighted by Gasteiger charge is 2.22. The highest BCUT2D eigenvalue weighted by atomic mass is 19.1. The number of unbranched alkanes of at least 4 members (excludes halogenated alkanes) is 4. The van der Waals surface area contributed by atoms with Crippen molar-refractivity contribution in [3.63, 3.8) is 0 Å². The Bertz CT molecular complexity index is 1010. The Morgan fingerprint density at radius 1 is 0.758 bits per heavy atom. The van der Waals surface area contributed by atoms with Gasteiger partial charge in [-0.3, -0.25) is 0 Å². The van der Waals surface area contributed by atoms with Gasteiger partial charge in [0.25, 0.3) is 0 Å². The standard InChI is InChI=1S/C31H38F2/c1-2-3-4-5-6-7-23-8-13-25(14-9-23)27-18-21-30-28(22-27)17-16-26(31(30)33)15-10-24-11-19-29(32)20-12-24/h11-12,16-23,25H,2-10,13-15H2,1H3. The Kier molecular flexibility index (Phi) is 8.53. The molecule has 33 heavy (non-hydrogen) atoms. The van der Waals surface area contributed by atoms with Crippen LogP contribution in [-0.2, 0) is 12.8 Å². The molecule has 0 saturated heterocycles. The van der Waals surface area contributed by atoms with Gasteiger partial charge in [0.2, 0.25) is 0 Å². The van der Waals surface area contributed by atoms with Gasteiger partial charge in [0.1, 0.15) is 11.6 Å². The van der Waals surface area contributed by atoms with Crippen LogP contribution in [0.4, 0.5) is 8.78 Å². The number of hydrogen-bond donors (Lipinski definition) is 0. The minimum Gasteiger partial charge on any atom is -0.207 e. The lowest BCUT2D eigenvalue weighted by Crippen LogP contribution is -2.13. The summed E-state index contributed by atoms with van der Waals surface area (Å²) >= 11 is 0. The third-order valence-corrected chi connectivity index (χ3v) is 7.69. The molecule has 0 amide bonds. The summed E-state index contributed by atoms with van der Waals surface area (Å²) in [4.78, 5) is 0. The predicted octanol–water partition coefficient (Wildman–Crippen LogP) is 9.54. The summed E-state index contributed by atoms with van der Waals surface area (Å²) in [7, 11) is 0. The fourth-order valence-electron chi connectivity index (χ4n) is 5.55. The number of fused-ring (bicyclic) bond motifs is 1. The molecule has 0 radical (unpaired) electrons.